The fraction of sp³-hybridized carbons (Fsp3) is 0.455. The first-order valence-corrected chi connectivity index (χ1v) is 23.7. The summed E-state index contributed by atoms with van der Waals surface area (Å²) >= 11 is 6.44. The minimum Gasteiger partial charge on any atom is -0.494 e. The van der Waals surface area contributed by atoms with Crippen LogP contribution >= 0.6 is 11.6 Å². The number of piperazine rings is 1. The summed E-state index contributed by atoms with van der Waals surface area (Å²) in [6.45, 7) is 10.1. The van der Waals surface area contributed by atoms with Crippen LogP contribution in [0.15, 0.2) is 72.9 Å². The van der Waals surface area contributed by atoms with Crippen LogP contribution in [0, 0.1) is 5.92 Å². The maximum Gasteiger partial charge on any atom is 0.328 e. The molecule has 3 aromatic carbocycles. The monoisotopic (exact) mass is 885 g/mol. The van der Waals surface area contributed by atoms with Gasteiger partial charge in [0, 0.05) is 94.5 Å². The molecule has 8 rings (SSSR count). The predicted molar refractivity (Wildman–Crippen MR) is 246 cm³/mol. The molecule has 0 radical (unpaired) electrons. The van der Waals surface area contributed by atoms with E-state index in [1.165, 1.54) is 37.7 Å². The van der Waals surface area contributed by atoms with Gasteiger partial charge in [-0.15, -0.1) is 0 Å². The number of ether oxygens (including phenoxy) is 1. The molecule has 4 saturated heterocycles. The van der Waals surface area contributed by atoms with Crippen molar-refractivity contribution in [2.24, 2.45) is 5.92 Å². The van der Waals surface area contributed by atoms with E-state index in [0.29, 0.717) is 53.6 Å². The van der Waals surface area contributed by atoms with Gasteiger partial charge in [0.05, 0.1) is 36.6 Å². The summed E-state index contributed by atoms with van der Waals surface area (Å²) in [4.78, 5) is 44.6. The van der Waals surface area contributed by atoms with Gasteiger partial charge in [-0.25, -0.2) is 18.2 Å². The molecule has 0 atom stereocenters. The molecule has 4 N–H and O–H groups in total. The number of aromatic nitrogens is 2. The fourth-order valence-electron chi connectivity index (χ4n) is 8.96. The van der Waals surface area contributed by atoms with Gasteiger partial charge in [-0.1, -0.05) is 23.7 Å². The minimum absolute atomic E-state index is 0.216. The number of imide groups is 1. The maximum absolute atomic E-state index is 12.2. The normalized spacial score (nSPS) is 18.7. The summed E-state index contributed by atoms with van der Waals surface area (Å²) in [5.74, 6) is 1.81. The van der Waals surface area contributed by atoms with E-state index in [4.69, 9.17) is 16.3 Å². The van der Waals surface area contributed by atoms with Gasteiger partial charge in [0.2, 0.25) is 21.9 Å². The van der Waals surface area contributed by atoms with E-state index >= 15 is 0 Å². The third-order valence-electron chi connectivity index (χ3n) is 12.5. The predicted octanol–water partition coefficient (Wildman–Crippen LogP) is 6.34. The zero-order chi connectivity index (χ0) is 43.2. The van der Waals surface area contributed by atoms with Gasteiger partial charge in [0.1, 0.15) is 10.8 Å². The van der Waals surface area contributed by atoms with Gasteiger partial charge >= 0.3 is 6.03 Å². The lowest BCUT2D eigenvalue weighted by molar-refractivity contribution is -0.120. The maximum atomic E-state index is 12.2. The Morgan fingerprint density at radius 2 is 1.45 bits per heavy atom. The number of rotatable bonds is 14. The van der Waals surface area contributed by atoms with Gasteiger partial charge in [0.15, 0.2) is 5.82 Å². The fourth-order valence-corrected chi connectivity index (χ4v) is 9.68. The largest absolute Gasteiger partial charge is 0.494 e. The highest BCUT2D eigenvalue weighted by molar-refractivity contribution is 7.92. The van der Waals surface area contributed by atoms with Crippen LogP contribution in [-0.2, 0) is 14.8 Å². The van der Waals surface area contributed by atoms with Crippen molar-refractivity contribution in [3.05, 3.63) is 77.9 Å². The lowest BCUT2D eigenvalue weighted by Gasteiger charge is -2.43. The molecule has 0 bridgehead atoms. The summed E-state index contributed by atoms with van der Waals surface area (Å²) < 4.78 is 32.1. The van der Waals surface area contributed by atoms with Crippen LogP contribution in [0.4, 0.5) is 50.7 Å². The molecule has 16 nitrogen and oxygen atoms in total. The first-order chi connectivity index (χ1) is 30.0. The smallest absolute Gasteiger partial charge is 0.328 e. The van der Waals surface area contributed by atoms with Crippen LogP contribution in [0.1, 0.15) is 38.5 Å². The van der Waals surface area contributed by atoms with E-state index < -0.39 is 10.0 Å². The number of para-hydroxylation sites is 2. The zero-order valence-corrected chi connectivity index (χ0v) is 36.9. The second-order valence-corrected chi connectivity index (χ2v) is 18.7. The zero-order valence-electron chi connectivity index (χ0n) is 35.4. The standard InChI is InChI=1S/C44H56ClN11O5S/c1-61-40-29-35(11-12-39(40)48-43-46-30-36(45)42(50-43)47-37-5-3-4-6-38(37)51-62(2,59)60)54-22-16-33(17-23-54)55-27-25-52(26-28-55)19-13-31-14-20-53(21-15-31)32-7-9-34(10-8-32)56-24-18-41(57)49-44(56)58/h3-12,29-31,33,51H,13-28H2,1-2H3,(H,49,57,58)(H2,46,47,48,50). The van der Waals surface area contributed by atoms with Crippen LogP contribution in [0.25, 0.3) is 0 Å². The van der Waals surface area contributed by atoms with E-state index in [0.717, 1.165) is 88.7 Å². The summed E-state index contributed by atoms with van der Waals surface area (Å²) in [5, 5.41) is 9.05. The molecule has 5 heterocycles. The van der Waals surface area contributed by atoms with Crippen LogP contribution in [0.3, 0.4) is 0 Å². The molecule has 1 aromatic heterocycles. The molecule has 62 heavy (non-hydrogen) atoms. The Bertz CT molecular complexity index is 2310. The Kier molecular flexibility index (Phi) is 13.5. The van der Waals surface area contributed by atoms with Gasteiger partial charge < -0.3 is 30.1 Å². The quantitative estimate of drug-likeness (QED) is 0.111. The number of benzene rings is 3. The highest BCUT2D eigenvalue weighted by Gasteiger charge is 2.29. The molecular formula is C44H56ClN11O5S. The molecule has 0 saturated carbocycles. The Labute approximate surface area is 369 Å². The molecule has 4 aliphatic heterocycles. The van der Waals surface area contributed by atoms with Gasteiger partial charge in [-0.2, -0.15) is 4.98 Å². The number of hydrogen-bond donors (Lipinski definition) is 4. The minimum atomic E-state index is -3.50. The number of halogens is 1. The van der Waals surface area contributed by atoms with E-state index in [2.05, 4.69) is 74.5 Å². The number of hydrogen-bond acceptors (Lipinski definition) is 13. The average Bonchev–Trinajstić information content (AvgIpc) is 3.28. The molecule has 330 valence electrons. The molecule has 4 aliphatic rings. The van der Waals surface area contributed by atoms with Crippen LogP contribution in [-0.4, -0.2) is 125 Å². The third-order valence-corrected chi connectivity index (χ3v) is 13.3. The van der Waals surface area contributed by atoms with Crippen molar-refractivity contribution < 1.29 is 22.7 Å². The number of methoxy groups -OCH3 is 1. The topological polar surface area (TPSA) is 168 Å². The molecule has 0 aliphatic carbocycles. The molecule has 18 heteroatoms. The number of sulfonamides is 1. The first-order valence-electron chi connectivity index (χ1n) is 21.5. The molecule has 3 amide bonds. The molecule has 4 aromatic rings. The van der Waals surface area contributed by atoms with Crippen LogP contribution in [0.2, 0.25) is 5.02 Å². The number of amides is 3. The van der Waals surface area contributed by atoms with E-state index in [9.17, 15) is 18.0 Å². The van der Waals surface area contributed by atoms with Gasteiger partial charge in [-0.05, 0) is 93.1 Å². The van der Waals surface area contributed by atoms with E-state index in [-0.39, 0.29) is 17.0 Å². The Morgan fingerprint density at radius 1 is 0.790 bits per heavy atom. The summed E-state index contributed by atoms with van der Waals surface area (Å²) in [5.41, 5.74) is 4.69. The molecule has 0 spiro atoms. The third kappa shape index (κ3) is 10.8. The number of urea groups is 1. The number of piperidine rings is 2. The average molecular weight is 887 g/mol. The van der Waals surface area contributed by atoms with Crippen molar-refractivity contribution >= 4 is 79.5 Å². The molecule has 0 unspecified atom stereocenters. The number of anilines is 8. The van der Waals surface area contributed by atoms with Crippen LogP contribution in [0.5, 0.6) is 5.75 Å². The Morgan fingerprint density at radius 3 is 2.15 bits per heavy atom. The number of nitrogens with zero attached hydrogens (tertiary/aromatic N) is 7. The highest BCUT2D eigenvalue weighted by Crippen LogP contribution is 2.35. The lowest BCUT2D eigenvalue weighted by atomic mass is 9.93. The first kappa shape index (κ1) is 43.3. The van der Waals surface area contributed by atoms with E-state index in [1.54, 1.807) is 36.3 Å². The number of carbonyl (C=O) groups excluding carboxylic acids is 2. The van der Waals surface area contributed by atoms with Crippen molar-refractivity contribution in [3.63, 3.8) is 0 Å². The van der Waals surface area contributed by atoms with Crippen molar-refractivity contribution in [2.75, 3.05) is 109 Å². The van der Waals surface area contributed by atoms with Crippen molar-refractivity contribution in [2.45, 2.75) is 44.6 Å². The van der Waals surface area contributed by atoms with Gasteiger partial charge in [0.25, 0.3) is 0 Å². The molecular weight excluding hydrogens is 830 g/mol. The second-order valence-electron chi connectivity index (χ2n) is 16.5. The van der Waals surface area contributed by atoms with Crippen molar-refractivity contribution in [3.8, 4) is 5.75 Å². The van der Waals surface area contributed by atoms with Gasteiger partial charge in [-0.3, -0.25) is 24.6 Å². The number of carbonyl (C=O) groups is 2. The summed E-state index contributed by atoms with van der Waals surface area (Å²) in [7, 11) is -1.85. The van der Waals surface area contributed by atoms with E-state index in [1.807, 2.05) is 18.2 Å². The SMILES string of the molecule is COc1cc(N2CCC(N3CCN(CCC4CCN(c5ccc(N6CCC(=O)NC6=O)cc5)CC4)CC3)CC2)ccc1Nc1ncc(Cl)c(Nc2ccccc2NS(C)(=O)=O)n1. The summed E-state index contributed by atoms with van der Waals surface area (Å²) in [6, 6.07) is 21.4. The lowest BCUT2D eigenvalue weighted by Crippen LogP contribution is -2.53. The number of nitrogens with one attached hydrogen (secondary N) is 4. The Hall–Kier alpha value is -5.36. The second kappa shape index (κ2) is 19.4. The highest BCUT2D eigenvalue weighted by atomic mass is 35.5. The molecule has 4 fully saturated rings. The van der Waals surface area contributed by atoms with Crippen molar-refractivity contribution in [1.29, 1.82) is 0 Å². The van der Waals surface area contributed by atoms with Crippen LogP contribution < -0.4 is 40.1 Å². The van der Waals surface area contributed by atoms with Crippen molar-refractivity contribution in [1.82, 2.24) is 25.1 Å². The summed E-state index contributed by atoms with van der Waals surface area (Å²) in [6.07, 6.45) is 8.79. The Balaban J connectivity index is 0.761.